The lowest BCUT2D eigenvalue weighted by Gasteiger charge is -2.20. The number of piperidine rings is 1. The van der Waals surface area contributed by atoms with E-state index in [1.54, 1.807) is 23.5 Å². The second-order valence-corrected chi connectivity index (χ2v) is 8.74. The van der Waals surface area contributed by atoms with Crippen molar-refractivity contribution in [3.8, 4) is 0 Å². The number of primary sulfonamides is 1. The van der Waals surface area contributed by atoms with E-state index in [-0.39, 0.29) is 10.8 Å². The molecule has 0 aliphatic carbocycles. The number of nitrogens with one attached hydrogen (secondary N) is 2. The van der Waals surface area contributed by atoms with Gasteiger partial charge in [-0.1, -0.05) is 12.1 Å². The Hall–Kier alpha value is -1.81. The van der Waals surface area contributed by atoms with Crippen LogP contribution in [-0.4, -0.2) is 38.9 Å². The predicted molar refractivity (Wildman–Crippen MR) is 101 cm³/mol. The Balaban J connectivity index is 1.50. The summed E-state index contributed by atoms with van der Waals surface area (Å²) in [5, 5.41) is 14.1. The molecule has 0 unspecified atom stereocenters. The molecule has 1 aliphatic rings. The third-order valence-corrected chi connectivity index (χ3v) is 6.33. The maximum Gasteiger partial charge on any atom is 0.270 e. The van der Waals surface area contributed by atoms with Gasteiger partial charge in [0, 0.05) is 17.8 Å². The minimum absolute atomic E-state index is 0.0817. The molecule has 1 amide bonds. The fourth-order valence-electron chi connectivity index (χ4n) is 2.91. The van der Waals surface area contributed by atoms with E-state index in [1.807, 2.05) is 5.38 Å². The van der Waals surface area contributed by atoms with E-state index < -0.39 is 10.0 Å². The Morgan fingerprint density at radius 2 is 1.96 bits per heavy atom. The van der Waals surface area contributed by atoms with Gasteiger partial charge >= 0.3 is 0 Å². The molecule has 1 fully saturated rings. The number of benzene rings is 1. The van der Waals surface area contributed by atoms with Crippen molar-refractivity contribution >= 4 is 27.3 Å². The number of hydrogen-bond acceptors (Lipinski definition) is 6. The van der Waals surface area contributed by atoms with Crippen LogP contribution in [0.15, 0.2) is 34.5 Å². The molecular weight excluding hydrogens is 372 g/mol. The van der Waals surface area contributed by atoms with Crippen LogP contribution < -0.4 is 15.8 Å². The second kappa shape index (κ2) is 8.26. The summed E-state index contributed by atoms with van der Waals surface area (Å²) in [6.45, 7) is 2.44. The van der Waals surface area contributed by atoms with Crippen molar-refractivity contribution < 1.29 is 13.2 Å². The number of carbonyl (C=O) groups excluding carboxylic acids is 1. The Kier molecular flexibility index (Phi) is 6.02. The molecule has 0 atom stereocenters. The number of rotatable bonds is 6. The zero-order valence-electron chi connectivity index (χ0n) is 14.3. The van der Waals surface area contributed by atoms with E-state index in [0.717, 1.165) is 36.5 Å². The van der Waals surface area contributed by atoms with E-state index in [0.29, 0.717) is 24.6 Å². The van der Waals surface area contributed by atoms with Gasteiger partial charge in [-0.25, -0.2) is 18.5 Å². The normalized spacial score (nSPS) is 15.7. The lowest BCUT2D eigenvalue weighted by Crippen LogP contribution is -2.27. The van der Waals surface area contributed by atoms with Gasteiger partial charge in [-0.2, -0.15) is 0 Å². The number of nitrogens with zero attached hydrogens (tertiary/aromatic N) is 1. The van der Waals surface area contributed by atoms with Crippen LogP contribution in [0.25, 0.3) is 0 Å². The van der Waals surface area contributed by atoms with Crippen LogP contribution in [0.2, 0.25) is 0 Å². The lowest BCUT2D eigenvalue weighted by molar-refractivity contribution is 0.0949. The second-order valence-electron chi connectivity index (χ2n) is 6.29. The van der Waals surface area contributed by atoms with Gasteiger partial charge < -0.3 is 10.6 Å². The number of carbonyl (C=O) groups is 1. The molecule has 2 aromatic rings. The Labute approximate surface area is 157 Å². The van der Waals surface area contributed by atoms with Gasteiger partial charge in [0.05, 0.1) is 9.90 Å². The van der Waals surface area contributed by atoms with Crippen LogP contribution in [-0.2, 0) is 16.4 Å². The minimum Gasteiger partial charge on any atom is -0.350 e. The molecule has 3 rings (SSSR count). The molecule has 1 aromatic carbocycles. The molecule has 0 spiro atoms. The average molecular weight is 395 g/mol. The smallest absolute Gasteiger partial charge is 0.270 e. The van der Waals surface area contributed by atoms with E-state index in [1.165, 1.54) is 12.1 Å². The minimum atomic E-state index is -3.68. The van der Waals surface area contributed by atoms with E-state index >= 15 is 0 Å². The predicted octanol–water partition coefficient (Wildman–Crippen LogP) is 1.23. The summed E-state index contributed by atoms with van der Waals surface area (Å²) in [6.07, 6.45) is 2.72. The molecule has 1 aliphatic heterocycles. The monoisotopic (exact) mass is 394 g/mol. The van der Waals surface area contributed by atoms with Crippen molar-refractivity contribution in [3.63, 3.8) is 0 Å². The maximum absolute atomic E-state index is 12.2. The average Bonchev–Trinajstić information content (AvgIpc) is 3.12. The number of amides is 1. The Morgan fingerprint density at radius 1 is 1.27 bits per heavy atom. The summed E-state index contributed by atoms with van der Waals surface area (Å²) >= 11 is 1.55. The van der Waals surface area contributed by atoms with Gasteiger partial charge in [-0.3, -0.25) is 4.79 Å². The highest BCUT2D eigenvalue weighted by atomic mass is 32.2. The van der Waals surface area contributed by atoms with Gasteiger partial charge in [0.25, 0.3) is 5.91 Å². The molecule has 140 valence electrons. The first-order valence-electron chi connectivity index (χ1n) is 8.49. The molecule has 0 bridgehead atoms. The van der Waals surface area contributed by atoms with Crippen molar-refractivity contribution in [2.24, 2.45) is 5.14 Å². The summed E-state index contributed by atoms with van der Waals surface area (Å²) in [5.74, 6) is 0.266. The van der Waals surface area contributed by atoms with Gasteiger partial charge in [0.15, 0.2) is 0 Å². The molecule has 2 heterocycles. The van der Waals surface area contributed by atoms with Gasteiger partial charge in [0.2, 0.25) is 10.0 Å². The van der Waals surface area contributed by atoms with Crippen molar-refractivity contribution in [3.05, 3.63) is 45.9 Å². The summed E-state index contributed by atoms with van der Waals surface area (Å²) in [4.78, 5) is 16.8. The molecule has 26 heavy (non-hydrogen) atoms. The quantitative estimate of drug-likeness (QED) is 0.682. The van der Waals surface area contributed by atoms with E-state index in [2.05, 4.69) is 15.6 Å². The van der Waals surface area contributed by atoms with Crippen LogP contribution in [0.3, 0.4) is 0 Å². The van der Waals surface area contributed by atoms with Crippen LogP contribution >= 0.6 is 11.3 Å². The van der Waals surface area contributed by atoms with Crippen molar-refractivity contribution in [2.45, 2.75) is 30.1 Å². The molecule has 7 nitrogen and oxygen atoms in total. The summed E-state index contributed by atoms with van der Waals surface area (Å²) in [6, 6.07) is 6.34. The van der Waals surface area contributed by atoms with Crippen LogP contribution in [0, 0.1) is 0 Å². The largest absolute Gasteiger partial charge is 0.350 e. The van der Waals surface area contributed by atoms with Crippen molar-refractivity contribution in [1.82, 2.24) is 15.6 Å². The molecule has 1 saturated heterocycles. The summed E-state index contributed by atoms with van der Waals surface area (Å²) in [7, 11) is -3.68. The zero-order valence-corrected chi connectivity index (χ0v) is 15.9. The SMILES string of the molecule is NS(=O)(=O)c1ccc(CCNC(=O)c2csc(C3CCNCC3)n2)cc1. The van der Waals surface area contributed by atoms with Gasteiger partial charge in [0.1, 0.15) is 5.69 Å². The topological polar surface area (TPSA) is 114 Å². The standard InChI is InChI=1S/C17H22N4O3S2/c18-26(23,24)14-3-1-12(2-4-14)5-10-20-16(22)15-11-25-17(21-15)13-6-8-19-9-7-13/h1-4,11,13,19H,5-10H2,(H,20,22)(H2,18,23,24). The molecule has 4 N–H and O–H groups in total. The van der Waals surface area contributed by atoms with Gasteiger partial charge in [-0.05, 0) is 50.0 Å². The molecule has 0 radical (unpaired) electrons. The molecule has 1 aromatic heterocycles. The fraction of sp³-hybridized carbons (Fsp3) is 0.412. The number of sulfonamides is 1. The summed E-state index contributed by atoms with van der Waals surface area (Å²) in [5.41, 5.74) is 1.39. The maximum atomic E-state index is 12.2. The van der Waals surface area contributed by atoms with Crippen LogP contribution in [0.5, 0.6) is 0 Å². The van der Waals surface area contributed by atoms with Gasteiger partial charge in [-0.15, -0.1) is 11.3 Å². The lowest BCUT2D eigenvalue weighted by atomic mass is 9.99. The Morgan fingerprint density at radius 3 is 2.62 bits per heavy atom. The Bertz CT molecular complexity index is 856. The number of nitrogens with two attached hydrogens (primary N) is 1. The highest BCUT2D eigenvalue weighted by molar-refractivity contribution is 7.89. The highest BCUT2D eigenvalue weighted by Gasteiger charge is 2.20. The first kappa shape index (κ1) is 19.0. The van der Waals surface area contributed by atoms with Crippen molar-refractivity contribution in [2.75, 3.05) is 19.6 Å². The third-order valence-electron chi connectivity index (χ3n) is 4.39. The molecule has 0 saturated carbocycles. The number of aromatic nitrogens is 1. The van der Waals surface area contributed by atoms with E-state index in [9.17, 15) is 13.2 Å². The zero-order chi connectivity index (χ0) is 18.6. The first-order chi connectivity index (χ1) is 12.4. The van der Waals surface area contributed by atoms with Crippen LogP contribution in [0.1, 0.15) is 39.8 Å². The molecule has 9 heteroatoms. The molecular formula is C17H22N4O3S2. The number of hydrogen-bond donors (Lipinski definition) is 3. The first-order valence-corrected chi connectivity index (χ1v) is 10.9. The number of thiazole rings is 1. The highest BCUT2D eigenvalue weighted by Crippen LogP contribution is 2.27. The fourth-order valence-corrected chi connectivity index (χ4v) is 4.39. The van der Waals surface area contributed by atoms with E-state index in [4.69, 9.17) is 5.14 Å². The summed E-state index contributed by atoms with van der Waals surface area (Å²) < 4.78 is 22.5. The van der Waals surface area contributed by atoms with Crippen molar-refractivity contribution in [1.29, 1.82) is 0 Å². The third kappa shape index (κ3) is 4.88. The van der Waals surface area contributed by atoms with Crippen LogP contribution in [0.4, 0.5) is 0 Å².